The molecule has 0 heterocycles. The Morgan fingerprint density at radius 1 is 1.04 bits per heavy atom. The fourth-order valence-corrected chi connectivity index (χ4v) is 7.55. The maximum Gasteiger partial charge on any atom is 0.181 e. The SMILES string of the molecule is CCC(N)C(=O)C1(O)CC[C@@H](C)[C@H]2C[C@@H]3CC[C@@H](C)[C@H](CC[C@@]21C)C3(C)C. The van der Waals surface area contributed by atoms with Crippen molar-refractivity contribution >= 4 is 5.78 Å². The minimum Gasteiger partial charge on any atom is -0.381 e. The minimum atomic E-state index is -1.25. The summed E-state index contributed by atoms with van der Waals surface area (Å²) in [5.41, 5.74) is 4.92. The minimum absolute atomic E-state index is 0.0950. The van der Waals surface area contributed by atoms with Crippen LogP contribution in [-0.4, -0.2) is 22.5 Å². The van der Waals surface area contributed by atoms with Crippen molar-refractivity contribution in [1.29, 1.82) is 0 Å². The molecule has 156 valence electrons. The highest BCUT2D eigenvalue weighted by Gasteiger charge is 2.62. The first-order chi connectivity index (χ1) is 12.5. The van der Waals surface area contributed by atoms with Gasteiger partial charge in [0.2, 0.25) is 0 Å². The number of aliphatic hydroxyl groups is 1. The van der Waals surface area contributed by atoms with Crippen molar-refractivity contribution in [3.63, 3.8) is 0 Å². The van der Waals surface area contributed by atoms with Gasteiger partial charge in [-0.05, 0) is 80.0 Å². The number of hydrogen-bond donors (Lipinski definition) is 2. The van der Waals surface area contributed by atoms with Crippen molar-refractivity contribution in [2.45, 2.75) is 105 Å². The van der Waals surface area contributed by atoms with E-state index in [1.807, 2.05) is 6.92 Å². The molecule has 8 atom stereocenters. The molecule has 3 heteroatoms. The first-order valence-corrected chi connectivity index (χ1v) is 11.5. The van der Waals surface area contributed by atoms with Crippen LogP contribution in [0.3, 0.4) is 0 Å². The van der Waals surface area contributed by atoms with Crippen LogP contribution < -0.4 is 5.73 Å². The van der Waals surface area contributed by atoms with E-state index in [1.165, 1.54) is 12.8 Å². The van der Waals surface area contributed by atoms with E-state index < -0.39 is 11.6 Å². The van der Waals surface area contributed by atoms with E-state index in [0.29, 0.717) is 41.9 Å². The first kappa shape index (κ1) is 21.3. The molecule has 0 aromatic rings. The number of hydrogen-bond acceptors (Lipinski definition) is 3. The summed E-state index contributed by atoms with van der Waals surface area (Å²) in [4.78, 5) is 13.3. The molecule has 3 rings (SSSR count). The molecule has 0 aliphatic heterocycles. The van der Waals surface area contributed by atoms with Crippen LogP contribution >= 0.6 is 0 Å². The molecule has 0 amide bonds. The summed E-state index contributed by atoms with van der Waals surface area (Å²) in [5.74, 6) is 2.99. The molecule has 0 radical (unpaired) electrons. The van der Waals surface area contributed by atoms with Crippen LogP contribution in [0.1, 0.15) is 92.9 Å². The van der Waals surface area contributed by atoms with Crippen molar-refractivity contribution in [3.05, 3.63) is 0 Å². The summed E-state index contributed by atoms with van der Waals surface area (Å²) < 4.78 is 0. The van der Waals surface area contributed by atoms with Crippen LogP contribution in [0.4, 0.5) is 0 Å². The second-order valence-corrected chi connectivity index (χ2v) is 11.2. The average Bonchev–Trinajstić information content (AvgIpc) is 2.61. The number of fused-ring (bicyclic) bond motifs is 3. The van der Waals surface area contributed by atoms with Crippen molar-refractivity contribution in [2.24, 2.45) is 46.2 Å². The van der Waals surface area contributed by atoms with Gasteiger partial charge in [-0.2, -0.15) is 0 Å². The lowest BCUT2D eigenvalue weighted by atomic mass is 9.45. The molecule has 0 spiro atoms. The van der Waals surface area contributed by atoms with E-state index >= 15 is 0 Å². The summed E-state index contributed by atoms with van der Waals surface area (Å²) in [5, 5.41) is 11.9. The highest BCUT2D eigenvalue weighted by Crippen LogP contribution is 2.62. The normalized spacial score (nSPS) is 48.1. The molecule has 27 heavy (non-hydrogen) atoms. The van der Waals surface area contributed by atoms with Crippen molar-refractivity contribution < 1.29 is 9.90 Å². The van der Waals surface area contributed by atoms with E-state index in [-0.39, 0.29) is 11.2 Å². The molecule has 3 saturated carbocycles. The summed E-state index contributed by atoms with van der Waals surface area (Å²) >= 11 is 0. The lowest BCUT2D eigenvalue weighted by Gasteiger charge is -2.61. The van der Waals surface area contributed by atoms with Crippen LogP contribution in [-0.2, 0) is 4.79 Å². The molecule has 3 nitrogen and oxygen atoms in total. The zero-order valence-corrected chi connectivity index (χ0v) is 18.6. The monoisotopic (exact) mass is 377 g/mol. The average molecular weight is 378 g/mol. The summed E-state index contributed by atoms with van der Waals surface area (Å²) in [6.07, 6.45) is 7.99. The standard InChI is InChI=1S/C24H43NO2/c1-7-20(25)21(26)24(27)13-10-16(3)19-14-17-9-8-15(2)18(22(17,4)5)11-12-23(19,24)6/h15-20,27H,7-14,25H2,1-6H3/t15-,16-,17+,18+,19-,20?,23+,24?/m1/s1. The van der Waals surface area contributed by atoms with Crippen LogP contribution in [0.2, 0.25) is 0 Å². The molecular weight excluding hydrogens is 334 g/mol. The van der Waals surface area contributed by atoms with Gasteiger partial charge in [0, 0.05) is 5.41 Å². The molecule has 2 unspecified atom stereocenters. The topological polar surface area (TPSA) is 63.3 Å². The molecule has 2 bridgehead atoms. The molecule has 3 aliphatic rings. The Morgan fingerprint density at radius 3 is 2.30 bits per heavy atom. The second-order valence-electron chi connectivity index (χ2n) is 11.2. The van der Waals surface area contributed by atoms with Crippen molar-refractivity contribution in [3.8, 4) is 0 Å². The quantitative estimate of drug-likeness (QED) is 0.731. The maximum absolute atomic E-state index is 13.3. The fraction of sp³-hybridized carbons (Fsp3) is 0.958. The van der Waals surface area contributed by atoms with Gasteiger partial charge in [0.1, 0.15) is 5.60 Å². The largest absolute Gasteiger partial charge is 0.381 e. The van der Waals surface area contributed by atoms with Gasteiger partial charge in [0.15, 0.2) is 5.78 Å². The first-order valence-electron chi connectivity index (χ1n) is 11.5. The molecule has 3 aliphatic carbocycles. The Morgan fingerprint density at radius 2 is 1.67 bits per heavy atom. The number of rotatable bonds is 3. The van der Waals surface area contributed by atoms with Gasteiger partial charge in [0.25, 0.3) is 0 Å². The number of ketones is 1. The summed E-state index contributed by atoms with van der Waals surface area (Å²) in [6, 6.07) is -0.541. The molecule has 0 aromatic carbocycles. The molecular formula is C24H43NO2. The van der Waals surface area contributed by atoms with Gasteiger partial charge in [-0.3, -0.25) is 4.79 Å². The third-order valence-electron chi connectivity index (χ3n) is 9.77. The van der Waals surface area contributed by atoms with E-state index in [2.05, 4.69) is 34.6 Å². The number of nitrogens with two attached hydrogens (primary N) is 1. The predicted molar refractivity (Wildman–Crippen MR) is 111 cm³/mol. The van der Waals surface area contributed by atoms with E-state index in [9.17, 15) is 9.90 Å². The van der Waals surface area contributed by atoms with Crippen LogP contribution in [0.25, 0.3) is 0 Å². The number of Topliss-reactive ketones (excluding diaryl/α,β-unsaturated/α-hetero) is 1. The van der Waals surface area contributed by atoms with E-state index in [4.69, 9.17) is 5.73 Å². The molecule has 3 fully saturated rings. The second kappa shape index (κ2) is 7.13. The summed E-state index contributed by atoms with van der Waals surface area (Å²) in [6.45, 7) is 13.9. The Balaban J connectivity index is 2.02. The van der Waals surface area contributed by atoms with Gasteiger partial charge in [-0.1, -0.05) is 48.0 Å². The predicted octanol–water partition coefficient (Wildman–Crippen LogP) is 4.95. The summed E-state index contributed by atoms with van der Waals surface area (Å²) in [7, 11) is 0. The maximum atomic E-state index is 13.3. The Hall–Kier alpha value is -0.410. The van der Waals surface area contributed by atoms with E-state index in [0.717, 1.165) is 31.6 Å². The lowest BCUT2D eigenvalue weighted by molar-refractivity contribution is -0.191. The van der Waals surface area contributed by atoms with Gasteiger partial charge < -0.3 is 10.8 Å². The van der Waals surface area contributed by atoms with Gasteiger partial charge in [-0.15, -0.1) is 0 Å². The zero-order chi connectivity index (χ0) is 20.2. The van der Waals surface area contributed by atoms with Crippen molar-refractivity contribution in [1.82, 2.24) is 0 Å². The Bertz CT molecular complexity index is 573. The number of carbonyl (C=O) groups excluding carboxylic acids is 1. The van der Waals surface area contributed by atoms with Crippen LogP contribution in [0.5, 0.6) is 0 Å². The fourth-order valence-electron chi connectivity index (χ4n) is 7.55. The van der Waals surface area contributed by atoms with Gasteiger partial charge in [0.05, 0.1) is 6.04 Å². The van der Waals surface area contributed by atoms with Crippen LogP contribution in [0.15, 0.2) is 0 Å². The van der Waals surface area contributed by atoms with Gasteiger partial charge >= 0.3 is 0 Å². The Kier molecular flexibility index (Phi) is 5.62. The zero-order valence-electron chi connectivity index (χ0n) is 18.6. The smallest absolute Gasteiger partial charge is 0.181 e. The van der Waals surface area contributed by atoms with Crippen molar-refractivity contribution in [2.75, 3.05) is 0 Å². The van der Waals surface area contributed by atoms with Gasteiger partial charge in [-0.25, -0.2) is 0 Å². The molecule has 0 aromatic heterocycles. The molecule has 3 N–H and O–H groups in total. The Labute approximate surface area is 166 Å². The van der Waals surface area contributed by atoms with E-state index in [1.54, 1.807) is 0 Å². The molecule has 0 saturated heterocycles. The highest BCUT2D eigenvalue weighted by atomic mass is 16.3. The third-order valence-corrected chi connectivity index (χ3v) is 9.77. The third kappa shape index (κ3) is 3.12. The number of carbonyl (C=O) groups is 1. The van der Waals surface area contributed by atoms with Crippen LogP contribution in [0, 0.1) is 40.4 Å². The highest BCUT2D eigenvalue weighted by molar-refractivity contribution is 5.92. The lowest BCUT2D eigenvalue weighted by Crippen LogP contribution is -2.65.